The summed E-state index contributed by atoms with van der Waals surface area (Å²) in [5, 5.41) is 0. The first kappa shape index (κ1) is 15.7. The molecule has 0 nitrogen and oxygen atoms in total. The number of hydrogen-bond acceptors (Lipinski definition) is 0. The molecule has 94 valence electrons. The third-order valence-corrected chi connectivity index (χ3v) is 2.48. The Balaban J connectivity index is 0.000000557. The van der Waals surface area contributed by atoms with E-state index in [0.29, 0.717) is 0 Å². The average molecular weight is 230 g/mol. The molecule has 0 fully saturated rings. The van der Waals surface area contributed by atoms with E-state index in [1.165, 1.54) is 11.1 Å². The van der Waals surface area contributed by atoms with Crippen LogP contribution in [-0.2, 0) is 5.41 Å². The van der Waals surface area contributed by atoms with Crippen molar-refractivity contribution in [3.05, 3.63) is 54.6 Å². The van der Waals surface area contributed by atoms with Crippen LogP contribution >= 0.6 is 0 Å². The fourth-order valence-electron chi connectivity index (χ4n) is 1.51. The molecule has 0 radical (unpaired) electrons. The minimum Gasteiger partial charge on any atom is -0.103 e. The van der Waals surface area contributed by atoms with Gasteiger partial charge in [-0.1, -0.05) is 70.2 Å². The van der Waals surface area contributed by atoms with E-state index < -0.39 is 0 Å². The molecule has 0 N–H and O–H groups in total. The van der Waals surface area contributed by atoms with Crippen molar-refractivity contribution in [3.63, 3.8) is 0 Å². The van der Waals surface area contributed by atoms with Gasteiger partial charge in [-0.2, -0.15) is 0 Å². The molecule has 0 aliphatic heterocycles. The lowest BCUT2D eigenvalue weighted by Gasteiger charge is -2.22. The van der Waals surface area contributed by atoms with Crippen LogP contribution in [0.5, 0.6) is 0 Å². The van der Waals surface area contributed by atoms with Crippen molar-refractivity contribution in [1.29, 1.82) is 0 Å². The normalized spacial score (nSPS) is 10.2. The maximum Gasteiger partial charge on any atom is -0.0126 e. The van der Waals surface area contributed by atoms with E-state index >= 15 is 0 Å². The largest absolute Gasteiger partial charge is 0.103 e. The average Bonchev–Trinajstić information content (AvgIpc) is 2.28. The summed E-state index contributed by atoms with van der Waals surface area (Å²) < 4.78 is 0. The molecule has 0 spiro atoms. The molecule has 0 unspecified atom stereocenters. The molecule has 1 aromatic rings. The zero-order chi connectivity index (χ0) is 13.5. The lowest BCUT2D eigenvalue weighted by molar-refractivity contribution is 0.588. The highest BCUT2D eigenvalue weighted by atomic mass is 14.2. The van der Waals surface area contributed by atoms with Gasteiger partial charge in [0.05, 0.1) is 0 Å². The summed E-state index contributed by atoms with van der Waals surface area (Å²) in [5.41, 5.74) is 4.01. The second-order valence-corrected chi connectivity index (χ2v) is 5.27. The van der Waals surface area contributed by atoms with Crippen LogP contribution in [0.1, 0.15) is 52.2 Å². The van der Waals surface area contributed by atoms with Crippen molar-refractivity contribution in [2.45, 2.75) is 46.5 Å². The molecule has 0 amide bonds. The van der Waals surface area contributed by atoms with Crippen molar-refractivity contribution in [2.24, 2.45) is 0 Å². The topological polar surface area (TPSA) is 0 Å². The highest BCUT2D eigenvalue weighted by molar-refractivity contribution is 5.65. The van der Waals surface area contributed by atoms with Gasteiger partial charge in [-0.25, -0.2) is 0 Å². The Bertz CT molecular complexity index is 364. The predicted molar refractivity (Wildman–Crippen MR) is 80.3 cm³/mol. The first-order valence-electron chi connectivity index (χ1n) is 6.20. The van der Waals surface area contributed by atoms with Gasteiger partial charge in [-0.15, -0.1) is 6.58 Å². The predicted octanol–water partition coefficient (Wildman–Crippen LogP) is 5.60. The molecule has 0 atom stereocenters. The zero-order valence-electron chi connectivity index (χ0n) is 12.0. The molecule has 0 bridgehead atoms. The number of hydrogen-bond donors (Lipinski definition) is 0. The Kier molecular flexibility index (Phi) is 6.57. The standard InChI is InChI=1S/C13H18.C4H8/c1-10(2)11-8-6-7-9-12(11)13(3,4)5;1-3-4-2/h6-9H,1H2,2-5H3;3H,1,4H2,2H3. The third kappa shape index (κ3) is 5.53. The molecular formula is C17H26. The Morgan fingerprint density at radius 1 is 1.24 bits per heavy atom. The Morgan fingerprint density at radius 2 is 1.71 bits per heavy atom. The molecule has 0 heterocycles. The van der Waals surface area contributed by atoms with Crippen LogP contribution in [0.15, 0.2) is 43.5 Å². The van der Waals surface area contributed by atoms with E-state index in [0.717, 1.165) is 12.0 Å². The van der Waals surface area contributed by atoms with Gasteiger partial charge in [0, 0.05) is 0 Å². The molecule has 17 heavy (non-hydrogen) atoms. The van der Waals surface area contributed by atoms with E-state index in [4.69, 9.17) is 0 Å². The summed E-state index contributed by atoms with van der Waals surface area (Å²) in [6.45, 7) is 18.3. The highest BCUT2D eigenvalue weighted by Gasteiger charge is 2.16. The van der Waals surface area contributed by atoms with Crippen molar-refractivity contribution in [2.75, 3.05) is 0 Å². The Morgan fingerprint density at radius 3 is 2.00 bits per heavy atom. The highest BCUT2D eigenvalue weighted by Crippen LogP contribution is 2.28. The minimum absolute atomic E-state index is 0.204. The van der Waals surface area contributed by atoms with Gasteiger partial charge in [-0.3, -0.25) is 0 Å². The summed E-state index contributed by atoms with van der Waals surface area (Å²) in [6.07, 6.45) is 2.96. The maximum atomic E-state index is 4.00. The summed E-state index contributed by atoms with van der Waals surface area (Å²) in [4.78, 5) is 0. The van der Waals surface area contributed by atoms with Crippen LogP contribution < -0.4 is 0 Å². The summed E-state index contributed by atoms with van der Waals surface area (Å²) in [7, 11) is 0. The maximum absolute atomic E-state index is 4.00. The first-order chi connectivity index (χ1) is 7.84. The summed E-state index contributed by atoms with van der Waals surface area (Å²) in [6, 6.07) is 8.49. The Labute approximate surface area is 107 Å². The van der Waals surface area contributed by atoms with Crippen LogP contribution in [-0.4, -0.2) is 0 Å². The van der Waals surface area contributed by atoms with Crippen LogP contribution in [0.25, 0.3) is 5.57 Å². The van der Waals surface area contributed by atoms with Gasteiger partial charge >= 0.3 is 0 Å². The third-order valence-electron chi connectivity index (χ3n) is 2.48. The fraction of sp³-hybridized carbons (Fsp3) is 0.412. The smallest absolute Gasteiger partial charge is 0.0126 e. The van der Waals surface area contributed by atoms with Crippen LogP contribution in [0.2, 0.25) is 0 Å². The van der Waals surface area contributed by atoms with E-state index in [1.807, 2.05) is 6.08 Å². The summed E-state index contributed by atoms with van der Waals surface area (Å²) >= 11 is 0. The van der Waals surface area contributed by atoms with Crippen LogP contribution in [0.3, 0.4) is 0 Å². The van der Waals surface area contributed by atoms with Gasteiger partial charge in [0.1, 0.15) is 0 Å². The molecular weight excluding hydrogens is 204 g/mol. The Hall–Kier alpha value is -1.30. The SMILES string of the molecule is C=C(C)c1ccccc1C(C)(C)C.C=CCC. The van der Waals surface area contributed by atoms with E-state index in [-0.39, 0.29) is 5.41 Å². The first-order valence-corrected chi connectivity index (χ1v) is 6.20. The zero-order valence-corrected chi connectivity index (χ0v) is 12.0. The van der Waals surface area contributed by atoms with Gasteiger partial charge in [0.2, 0.25) is 0 Å². The summed E-state index contributed by atoms with van der Waals surface area (Å²) in [5.74, 6) is 0. The van der Waals surface area contributed by atoms with Gasteiger partial charge in [0.25, 0.3) is 0 Å². The second-order valence-electron chi connectivity index (χ2n) is 5.27. The molecule has 0 aliphatic carbocycles. The van der Waals surface area contributed by atoms with E-state index in [2.05, 4.69) is 72.0 Å². The molecule has 0 heteroatoms. The molecule has 0 saturated heterocycles. The lowest BCUT2D eigenvalue weighted by Crippen LogP contribution is -2.13. The molecule has 1 rings (SSSR count). The fourth-order valence-corrected chi connectivity index (χ4v) is 1.51. The number of allylic oxidation sites excluding steroid dienone is 2. The number of rotatable bonds is 2. The van der Waals surface area contributed by atoms with Crippen molar-refractivity contribution in [1.82, 2.24) is 0 Å². The lowest BCUT2D eigenvalue weighted by atomic mass is 9.82. The number of benzene rings is 1. The van der Waals surface area contributed by atoms with Crippen LogP contribution in [0.4, 0.5) is 0 Å². The second kappa shape index (κ2) is 7.11. The molecule has 0 aliphatic rings. The van der Waals surface area contributed by atoms with Crippen molar-refractivity contribution >= 4 is 5.57 Å². The minimum atomic E-state index is 0.204. The molecule has 1 aromatic carbocycles. The van der Waals surface area contributed by atoms with Crippen molar-refractivity contribution in [3.8, 4) is 0 Å². The van der Waals surface area contributed by atoms with Crippen molar-refractivity contribution < 1.29 is 0 Å². The molecule has 0 aromatic heterocycles. The van der Waals surface area contributed by atoms with Crippen LogP contribution in [0, 0.1) is 0 Å². The van der Waals surface area contributed by atoms with Gasteiger partial charge < -0.3 is 0 Å². The van der Waals surface area contributed by atoms with Gasteiger partial charge in [-0.05, 0) is 29.9 Å². The molecule has 0 saturated carbocycles. The quantitative estimate of drug-likeness (QED) is 0.580. The van der Waals surface area contributed by atoms with E-state index in [9.17, 15) is 0 Å². The van der Waals surface area contributed by atoms with Gasteiger partial charge in [0.15, 0.2) is 0 Å². The monoisotopic (exact) mass is 230 g/mol. The van der Waals surface area contributed by atoms with E-state index in [1.54, 1.807) is 0 Å².